The van der Waals surface area contributed by atoms with Crippen LogP contribution in [0.4, 0.5) is 8.78 Å². The topological polar surface area (TPSA) is 54.4 Å². The van der Waals surface area contributed by atoms with Gasteiger partial charge >= 0.3 is 0 Å². The molecule has 0 N–H and O–H groups in total. The summed E-state index contributed by atoms with van der Waals surface area (Å²) < 4.78 is 39.5. The van der Waals surface area contributed by atoms with Crippen LogP contribution < -0.4 is 0 Å². The molecule has 3 aliphatic rings. The molecule has 2 fully saturated rings. The van der Waals surface area contributed by atoms with Gasteiger partial charge in [0.15, 0.2) is 5.79 Å². The lowest BCUT2D eigenvalue weighted by atomic mass is 9.98. The quantitative estimate of drug-likeness (QED) is 0.729. The van der Waals surface area contributed by atoms with E-state index in [-0.39, 0.29) is 24.1 Å². The molecule has 1 spiro atoms. The Hall–Kier alpha value is -2.68. The van der Waals surface area contributed by atoms with Gasteiger partial charge in [0.25, 0.3) is 5.91 Å². The Morgan fingerprint density at radius 2 is 1.72 bits per heavy atom. The van der Waals surface area contributed by atoms with Gasteiger partial charge in [-0.3, -0.25) is 9.69 Å². The summed E-state index contributed by atoms with van der Waals surface area (Å²) in [7, 11) is 0. The summed E-state index contributed by atoms with van der Waals surface area (Å²) in [5.41, 5.74) is 1.78. The first-order valence-corrected chi connectivity index (χ1v) is 10.9. The van der Waals surface area contributed by atoms with Crippen LogP contribution in [0.25, 0.3) is 0 Å². The van der Waals surface area contributed by atoms with Crippen LogP contribution in [0.15, 0.2) is 53.6 Å². The lowest BCUT2D eigenvalue weighted by Gasteiger charge is -2.37. The van der Waals surface area contributed by atoms with Gasteiger partial charge in [-0.25, -0.2) is 13.8 Å². The third kappa shape index (κ3) is 4.18. The standard InChI is InChI=1S/C24H25F2N3O3/c25-18-7-5-17(6-8-18)21-15-22(19-3-1-2-4-20(19)26)29(27-21)23(30)16-28-11-9-24(10-12-28)31-13-14-32-24/h1-8,22H,9-16H2/t22-/m0/s1. The van der Waals surface area contributed by atoms with Crippen molar-refractivity contribution in [2.75, 3.05) is 32.8 Å². The second-order valence-corrected chi connectivity index (χ2v) is 8.42. The summed E-state index contributed by atoms with van der Waals surface area (Å²) in [5.74, 6) is -1.42. The molecule has 0 unspecified atom stereocenters. The van der Waals surface area contributed by atoms with E-state index in [0.29, 0.717) is 56.8 Å². The molecule has 3 heterocycles. The monoisotopic (exact) mass is 441 g/mol. The van der Waals surface area contributed by atoms with Crippen molar-refractivity contribution in [3.63, 3.8) is 0 Å². The normalized spacial score (nSPS) is 23.0. The summed E-state index contributed by atoms with van der Waals surface area (Å²) >= 11 is 0. The summed E-state index contributed by atoms with van der Waals surface area (Å²) in [6, 6.07) is 11.9. The lowest BCUT2D eigenvalue weighted by molar-refractivity contribution is -0.186. The van der Waals surface area contributed by atoms with Crippen LogP contribution in [0.3, 0.4) is 0 Å². The number of hydrazone groups is 1. The number of nitrogens with zero attached hydrogens (tertiary/aromatic N) is 3. The number of ether oxygens (including phenoxy) is 2. The van der Waals surface area contributed by atoms with Crippen LogP contribution in [0.2, 0.25) is 0 Å². The van der Waals surface area contributed by atoms with Gasteiger partial charge in [0, 0.05) is 37.9 Å². The fraction of sp³-hybridized carbons (Fsp3) is 0.417. The zero-order valence-electron chi connectivity index (χ0n) is 17.7. The third-order valence-corrected chi connectivity index (χ3v) is 6.40. The SMILES string of the molecule is O=C(CN1CCC2(CC1)OCCO2)N1N=C(c2ccc(F)cc2)C[C@H]1c1ccccc1F. The molecule has 1 atom stereocenters. The highest BCUT2D eigenvalue weighted by Gasteiger charge is 2.41. The largest absolute Gasteiger partial charge is 0.347 e. The Bertz CT molecular complexity index is 1010. The maximum absolute atomic E-state index is 14.6. The minimum atomic E-state index is -0.540. The number of rotatable bonds is 4. The predicted molar refractivity (Wildman–Crippen MR) is 114 cm³/mol. The summed E-state index contributed by atoms with van der Waals surface area (Å²) in [4.78, 5) is 15.3. The first-order valence-electron chi connectivity index (χ1n) is 10.9. The van der Waals surface area contributed by atoms with Crippen molar-refractivity contribution in [2.24, 2.45) is 5.10 Å². The van der Waals surface area contributed by atoms with Crippen molar-refractivity contribution < 1.29 is 23.0 Å². The minimum absolute atomic E-state index is 0.182. The second-order valence-electron chi connectivity index (χ2n) is 8.42. The molecular weight excluding hydrogens is 416 g/mol. The Kier molecular flexibility index (Phi) is 5.75. The van der Waals surface area contributed by atoms with E-state index in [0.717, 1.165) is 5.56 Å². The van der Waals surface area contributed by atoms with Gasteiger partial charge in [0.1, 0.15) is 11.6 Å². The molecule has 2 saturated heterocycles. The van der Waals surface area contributed by atoms with Crippen molar-refractivity contribution in [1.82, 2.24) is 9.91 Å². The molecule has 168 valence electrons. The molecule has 6 nitrogen and oxygen atoms in total. The number of carbonyl (C=O) groups is 1. The zero-order valence-corrected chi connectivity index (χ0v) is 17.7. The van der Waals surface area contributed by atoms with Crippen LogP contribution in [-0.4, -0.2) is 60.2 Å². The molecule has 2 aromatic rings. The maximum Gasteiger partial charge on any atom is 0.257 e. The van der Waals surface area contributed by atoms with Gasteiger partial charge in [0.2, 0.25) is 0 Å². The molecule has 0 radical (unpaired) electrons. The number of hydrogen-bond acceptors (Lipinski definition) is 5. The van der Waals surface area contributed by atoms with Crippen LogP contribution in [-0.2, 0) is 14.3 Å². The molecule has 0 saturated carbocycles. The summed E-state index contributed by atoms with van der Waals surface area (Å²) in [6.45, 7) is 2.76. The molecule has 0 aromatic heterocycles. The number of hydrogen-bond donors (Lipinski definition) is 0. The van der Waals surface area contributed by atoms with Gasteiger partial charge < -0.3 is 9.47 Å². The molecule has 2 aromatic carbocycles. The summed E-state index contributed by atoms with van der Waals surface area (Å²) in [6.07, 6.45) is 1.78. The van der Waals surface area contributed by atoms with E-state index in [4.69, 9.17) is 9.47 Å². The Morgan fingerprint density at radius 1 is 1.03 bits per heavy atom. The Balaban J connectivity index is 1.35. The Morgan fingerprint density at radius 3 is 2.41 bits per heavy atom. The smallest absolute Gasteiger partial charge is 0.257 e. The van der Waals surface area contributed by atoms with E-state index < -0.39 is 11.8 Å². The predicted octanol–water partition coefficient (Wildman–Crippen LogP) is 3.48. The average Bonchev–Trinajstić information content (AvgIpc) is 3.44. The van der Waals surface area contributed by atoms with Crippen molar-refractivity contribution >= 4 is 11.6 Å². The van der Waals surface area contributed by atoms with Crippen molar-refractivity contribution in [2.45, 2.75) is 31.1 Å². The Labute approximate surface area is 185 Å². The van der Waals surface area contributed by atoms with Gasteiger partial charge in [-0.05, 0) is 23.8 Å². The fourth-order valence-corrected chi connectivity index (χ4v) is 4.65. The zero-order chi connectivity index (χ0) is 22.1. The van der Waals surface area contributed by atoms with Gasteiger partial charge in [-0.2, -0.15) is 5.10 Å². The molecule has 3 aliphatic heterocycles. The van der Waals surface area contributed by atoms with Crippen LogP contribution >= 0.6 is 0 Å². The van der Waals surface area contributed by atoms with E-state index in [9.17, 15) is 13.6 Å². The van der Waals surface area contributed by atoms with E-state index in [2.05, 4.69) is 10.0 Å². The first-order chi connectivity index (χ1) is 15.5. The maximum atomic E-state index is 14.6. The molecule has 0 bridgehead atoms. The van der Waals surface area contributed by atoms with E-state index in [1.807, 2.05) is 0 Å². The molecule has 5 rings (SSSR count). The first kappa shape index (κ1) is 21.2. The van der Waals surface area contributed by atoms with E-state index in [1.54, 1.807) is 30.3 Å². The summed E-state index contributed by atoms with van der Waals surface area (Å²) in [5, 5.41) is 5.95. The molecule has 0 aliphatic carbocycles. The molecule has 8 heteroatoms. The van der Waals surface area contributed by atoms with E-state index >= 15 is 0 Å². The average molecular weight is 441 g/mol. The van der Waals surface area contributed by atoms with Gasteiger partial charge in [0.05, 0.1) is 31.5 Å². The van der Waals surface area contributed by atoms with Gasteiger partial charge in [-0.1, -0.05) is 30.3 Å². The van der Waals surface area contributed by atoms with Crippen molar-refractivity contribution in [1.29, 1.82) is 0 Å². The van der Waals surface area contributed by atoms with E-state index in [1.165, 1.54) is 23.2 Å². The second kappa shape index (κ2) is 8.69. The van der Waals surface area contributed by atoms with Crippen LogP contribution in [0.5, 0.6) is 0 Å². The van der Waals surface area contributed by atoms with Crippen molar-refractivity contribution in [3.05, 3.63) is 71.3 Å². The highest BCUT2D eigenvalue weighted by atomic mass is 19.1. The number of halogens is 2. The number of benzene rings is 2. The molecular formula is C24H25F2N3O3. The highest BCUT2D eigenvalue weighted by molar-refractivity contribution is 6.03. The number of piperidine rings is 1. The lowest BCUT2D eigenvalue weighted by Crippen LogP contribution is -2.48. The minimum Gasteiger partial charge on any atom is -0.347 e. The van der Waals surface area contributed by atoms with Crippen LogP contribution in [0, 0.1) is 11.6 Å². The number of likely N-dealkylation sites (tertiary alicyclic amines) is 1. The van der Waals surface area contributed by atoms with Crippen LogP contribution in [0.1, 0.15) is 36.4 Å². The third-order valence-electron chi connectivity index (χ3n) is 6.40. The molecule has 32 heavy (non-hydrogen) atoms. The van der Waals surface area contributed by atoms with Gasteiger partial charge in [-0.15, -0.1) is 0 Å². The number of carbonyl (C=O) groups excluding carboxylic acids is 1. The molecule has 1 amide bonds. The fourth-order valence-electron chi connectivity index (χ4n) is 4.65. The van der Waals surface area contributed by atoms with Crippen molar-refractivity contribution in [3.8, 4) is 0 Å². The number of amides is 1. The highest BCUT2D eigenvalue weighted by Crippen LogP contribution is 2.35.